The van der Waals surface area contributed by atoms with Crippen LogP contribution in [0.15, 0.2) is 34.9 Å². The second-order valence-electron chi connectivity index (χ2n) is 5.82. The van der Waals surface area contributed by atoms with Crippen molar-refractivity contribution < 1.29 is 13.9 Å². The van der Waals surface area contributed by atoms with E-state index in [2.05, 4.69) is 10.3 Å². The summed E-state index contributed by atoms with van der Waals surface area (Å²) >= 11 is 0. The molecule has 1 aromatic heterocycles. The minimum Gasteiger partial charge on any atom is -0.441 e. The SMILES string of the molecule is Cc1cnc(-c2cccc(NC(=O)C(N)C3CCOCC3)c2)o1. The van der Waals surface area contributed by atoms with Crippen LogP contribution in [0.3, 0.4) is 0 Å². The van der Waals surface area contributed by atoms with Gasteiger partial charge in [0.25, 0.3) is 0 Å². The molecular weight excluding hydrogens is 294 g/mol. The smallest absolute Gasteiger partial charge is 0.241 e. The minimum atomic E-state index is -0.522. The summed E-state index contributed by atoms with van der Waals surface area (Å²) in [5, 5.41) is 2.88. The maximum atomic E-state index is 12.3. The number of aromatic nitrogens is 1. The summed E-state index contributed by atoms with van der Waals surface area (Å²) in [5.41, 5.74) is 7.60. The number of ether oxygens (including phenoxy) is 1. The Balaban J connectivity index is 1.68. The summed E-state index contributed by atoms with van der Waals surface area (Å²) in [7, 11) is 0. The van der Waals surface area contributed by atoms with E-state index >= 15 is 0 Å². The molecule has 0 aliphatic carbocycles. The molecule has 0 radical (unpaired) electrons. The molecule has 1 saturated heterocycles. The predicted octanol–water partition coefficient (Wildman–Crippen LogP) is 2.34. The van der Waals surface area contributed by atoms with Crippen LogP contribution in [0.5, 0.6) is 0 Å². The van der Waals surface area contributed by atoms with E-state index < -0.39 is 6.04 Å². The maximum absolute atomic E-state index is 12.3. The van der Waals surface area contributed by atoms with Gasteiger partial charge in [-0.25, -0.2) is 4.98 Å². The minimum absolute atomic E-state index is 0.168. The van der Waals surface area contributed by atoms with Gasteiger partial charge >= 0.3 is 0 Å². The van der Waals surface area contributed by atoms with E-state index in [0.717, 1.165) is 24.2 Å². The number of nitrogens with two attached hydrogens (primary N) is 1. The number of hydrogen-bond donors (Lipinski definition) is 2. The maximum Gasteiger partial charge on any atom is 0.241 e. The first-order valence-electron chi connectivity index (χ1n) is 7.80. The van der Waals surface area contributed by atoms with Crippen molar-refractivity contribution in [3.63, 3.8) is 0 Å². The molecule has 23 heavy (non-hydrogen) atoms. The van der Waals surface area contributed by atoms with Gasteiger partial charge in [-0.05, 0) is 43.9 Å². The predicted molar refractivity (Wildman–Crippen MR) is 86.8 cm³/mol. The topological polar surface area (TPSA) is 90.4 Å². The van der Waals surface area contributed by atoms with Gasteiger partial charge in [0.1, 0.15) is 5.76 Å². The molecule has 0 bridgehead atoms. The normalized spacial score (nSPS) is 17.0. The van der Waals surface area contributed by atoms with E-state index in [9.17, 15) is 4.79 Å². The Labute approximate surface area is 135 Å². The fraction of sp³-hybridized carbons (Fsp3) is 0.412. The highest BCUT2D eigenvalue weighted by molar-refractivity contribution is 5.95. The van der Waals surface area contributed by atoms with Crippen LogP contribution in [0.2, 0.25) is 0 Å². The van der Waals surface area contributed by atoms with Crippen molar-refractivity contribution in [1.82, 2.24) is 4.98 Å². The summed E-state index contributed by atoms with van der Waals surface area (Å²) in [6.45, 7) is 3.18. The number of benzene rings is 1. The number of aryl methyl sites for hydroxylation is 1. The van der Waals surface area contributed by atoms with E-state index in [4.69, 9.17) is 14.9 Å². The van der Waals surface area contributed by atoms with Crippen molar-refractivity contribution in [2.45, 2.75) is 25.8 Å². The van der Waals surface area contributed by atoms with E-state index in [-0.39, 0.29) is 11.8 Å². The van der Waals surface area contributed by atoms with E-state index in [1.165, 1.54) is 0 Å². The number of nitrogens with zero attached hydrogens (tertiary/aromatic N) is 1. The molecule has 2 heterocycles. The quantitative estimate of drug-likeness (QED) is 0.904. The molecular formula is C17H21N3O3. The van der Waals surface area contributed by atoms with Gasteiger partial charge in [0.05, 0.1) is 12.2 Å². The molecule has 2 aromatic rings. The molecule has 0 saturated carbocycles. The van der Waals surface area contributed by atoms with Crippen LogP contribution in [-0.2, 0) is 9.53 Å². The largest absolute Gasteiger partial charge is 0.441 e. The van der Waals surface area contributed by atoms with Crippen LogP contribution >= 0.6 is 0 Å². The lowest BCUT2D eigenvalue weighted by Gasteiger charge is -2.26. The highest BCUT2D eigenvalue weighted by Crippen LogP contribution is 2.23. The summed E-state index contributed by atoms with van der Waals surface area (Å²) in [6, 6.07) is 6.88. The summed E-state index contributed by atoms with van der Waals surface area (Å²) in [5.74, 6) is 1.28. The fourth-order valence-corrected chi connectivity index (χ4v) is 2.73. The Morgan fingerprint density at radius 2 is 2.17 bits per heavy atom. The highest BCUT2D eigenvalue weighted by atomic mass is 16.5. The third-order valence-electron chi connectivity index (χ3n) is 4.07. The zero-order valence-electron chi connectivity index (χ0n) is 13.1. The second kappa shape index (κ2) is 6.93. The number of amides is 1. The lowest BCUT2D eigenvalue weighted by Crippen LogP contribution is -2.44. The van der Waals surface area contributed by atoms with Gasteiger partial charge < -0.3 is 20.2 Å². The Kier molecular flexibility index (Phi) is 4.73. The van der Waals surface area contributed by atoms with Crippen LogP contribution in [0.4, 0.5) is 5.69 Å². The van der Waals surface area contributed by atoms with Crippen LogP contribution in [0, 0.1) is 12.8 Å². The Hall–Kier alpha value is -2.18. The van der Waals surface area contributed by atoms with Gasteiger partial charge in [0.2, 0.25) is 11.8 Å². The molecule has 1 aromatic carbocycles. The number of anilines is 1. The van der Waals surface area contributed by atoms with Gasteiger partial charge in [-0.2, -0.15) is 0 Å². The molecule has 1 fully saturated rings. The van der Waals surface area contributed by atoms with Gasteiger partial charge in [0.15, 0.2) is 0 Å². The molecule has 0 spiro atoms. The van der Waals surface area contributed by atoms with Crippen molar-refractivity contribution in [3.8, 4) is 11.5 Å². The summed E-state index contributed by atoms with van der Waals surface area (Å²) in [6.07, 6.45) is 3.32. The third-order valence-corrected chi connectivity index (χ3v) is 4.07. The number of carbonyl (C=O) groups is 1. The lowest BCUT2D eigenvalue weighted by molar-refractivity contribution is -0.119. The van der Waals surface area contributed by atoms with E-state index in [0.29, 0.717) is 24.8 Å². The van der Waals surface area contributed by atoms with Gasteiger partial charge in [-0.3, -0.25) is 4.79 Å². The Morgan fingerprint density at radius 1 is 1.39 bits per heavy atom. The lowest BCUT2D eigenvalue weighted by atomic mass is 9.92. The molecule has 1 unspecified atom stereocenters. The average Bonchev–Trinajstić information content (AvgIpc) is 3.02. The zero-order chi connectivity index (χ0) is 16.2. The fourth-order valence-electron chi connectivity index (χ4n) is 2.73. The molecule has 1 atom stereocenters. The first kappa shape index (κ1) is 15.7. The number of carbonyl (C=O) groups excluding carboxylic acids is 1. The standard InChI is InChI=1S/C17H21N3O3/c1-11-10-19-17(23-11)13-3-2-4-14(9-13)20-16(21)15(18)12-5-7-22-8-6-12/h2-4,9-10,12,15H,5-8,18H2,1H3,(H,20,21). The van der Waals surface area contributed by atoms with Crippen molar-refractivity contribution in [2.24, 2.45) is 11.7 Å². The van der Waals surface area contributed by atoms with Gasteiger partial charge in [-0.1, -0.05) is 6.07 Å². The van der Waals surface area contributed by atoms with Crippen molar-refractivity contribution in [3.05, 3.63) is 36.2 Å². The number of hydrogen-bond acceptors (Lipinski definition) is 5. The molecule has 1 aliphatic rings. The Morgan fingerprint density at radius 3 is 2.87 bits per heavy atom. The van der Waals surface area contributed by atoms with Gasteiger partial charge in [-0.15, -0.1) is 0 Å². The van der Waals surface area contributed by atoms with Crippen molar-refractivity contribution in [2.75, 3.05) is 18.5 Å². The average molecular weight is 315 g/mol. The van der Waals surface area contributed by atoms with Crippen molar-refractivity contribution >= 4 is 11.6 Å². The first-order chi connectivity index (χ1) is 11.1. The number of nitrogens with one attached hydrogen (secondary N) is 1. The second-order valence-corrected chi connectivity index (χ2v) is 5.82. The van der Waals surface area contributed by atoms with Crippen LogP contribution < -0.4 is 11.1 Å². The molecule has 1 aliphatic heterocycles. The molecule has 6 nitrogen and oxygen atoms in total. The molecule has 6 heteroatoms. The summed E-state index contributed by atoms with van der Waals surface area (Å²) in [4.78, 5) is 16.5. The highest BCUT2D eigenvalue weighted by Gasteiger charge is 2.26. The monoisotopic (exact) mass is 315 g/mol. The molecule has 3 rings (SSSR count). The zero-order valence-corrected chi connectivity index (χ0v) is 13.1. The van der Waals surface area contributed by atoms with E-state index in [1.54, 1.807) is 6.20 Å². The summed E-state index contributed by atoms with van der Waals surface area (Å²) < 4.78 is 10.8. The van der Waals surface area contributed by atoms with Crippen LogP contribution in [0.1, 0.15) is 18.6 Å². The van der Waals surface area contributed by atoms with Crippen molar-refractivity contribution in [1.29, 1.82) is 0 Å². The van der Waals surface area contributed by atoms with Gasteiger partial charge in [0, 0.05) is 24.5 Å². The number of oxazole rings is 1. The molecule has 1 amide bonds. The first-order valence-corrected chi connectivity index (χ1v) is 7.80. The van der Waals surface area contributed by atoms with Crippen LogP contribution in [-0.4, -0.2) is 30.1 Å². The van der Waals surface area contributed by atoms with E-state index in [1.807, 2.05) is 31.2 Å². The molecule has 122 valence electrons. The van der Waals surface area contributed by atoms with Crippen LogP contribution in [0.25, 0.3) is 11.5 Å². The number of rotatable bonds is 4. The molecule has 3 N–H and O–H groups in total. The third kappa shape index (κ3) is 3.78. The Bertz CT molecular complexity index is 677.